The van der Waals surface area contributed by atoms with Gasteiger partial charge in [-0.05, 0) is 37.6 Å². The summed E-state index contributed by atoms with van der Waals surface area (Å²) in [5.41, 5.74) is 3.62. The number of benzene rings is 2. The number of rotatable bonds is 23. The zero-order chi connectivity index (χ0) is 30.8. The minimum absolute atomic E-state index is 0.130. The quantitative estimate of drug-likeness (QED) is 0.0669. The summed E-state index contributed by atoms with van der Waals surface area (Å²) >= 11 is 1.57. The molecule has 0 bridgehead atoms. The predicted molar refractivity (Wildman–Crippen MR) is 171 cm³/mol. The first-order chi connectivity index (χ1) is 20.9. The van der Waals surface area contributed by atoms with E-state index in [9.17, 15) is 9.79 Å². The number of nitrogens with zero attached hydrogens (tertiary/aromatic N) is 1. The Bertz CT molecular complexity index is 1160. The third-order valence-electron chi connectivity index (χ3n) is 7.24. The van der Waals surface area contributed by atoms with Crippen molar-refractivity contribution in [3.05, 3.63) is 70.7 Å². The van der Waals surface area contributed by atoms with E-state index >= 15 is 0 Å². The van der Waals surface area contributed by atoms with Crippen molar-refractivity contribution in [3.8, 4) is 17.2 Å². The fourth-order valence-electron chi connectivity index (χ4n) is 4.65. The summed E-state index contributed by atoms with van der Waals surface area (Å²) in [6.45, 7) is 5.35. The van der Waals surface area contributed by atoms with E-state index in [2.05, 4.69) is 6.92 Å². The smallest absolute Gasteiger partial charge is 0.426 e. The van der Waals surface area contributed by atoms with Crippen molar-refractivity contribution in [2.45, 2.75) is 90.7 Å². The van der Waals surface area contributed by atoms with Gasteiger partial charge < -0.3 is 19.1 Å². The van der Waals surface area contributed by atoms with E-state index in [4.69, 9.17) is 23.3 Å². The van der Waals surface area contributed by atoms with E-state index in [1.54, 1.807) is 23.5 Å². The van der Waals surface area contributed by atoms with Gasteiger partial charge in [-0.1, -0.05) is 94.2 Å². The fraction of sp³-hybridized carbons (Fsp3) is 0.545. The van der Waals surface area contributed by atoms with Gasteiger partial charge >= 0.3 is 8.17 Å². The zero-order valence-electron chi connectivity index (χ0n) is 25.9. The van der Waals surface area contributed by atoms with Crippen LogP contribution in [0.4, 0.5) is 0 Å². The van der Waals surface area contributed by atoms with Gasteiger partial charge in [0.25, 0.3) is 0 Å². The number of hydrogen-bond acceptors (Lipinski definition) is 8. The first kappa shape index (κ1) is 35.2. The Morgan fingerprint density at radius 1 is 0.860 bits per heavy atom. The molecular formula is C33H49NO7PS+. The summed E-state index contributed by atoms with van der Waals surface area (Å²) in [5, 5.41) is 1.96. The highest BCUT2D eigenvalue weighted by molar-refractivity contribution is 7.53. The van der Waals surface area contributed by atoms with Gasteiger partial charge in [-0.3, -0.25) is 4.52 Å². The minimum Gasteiger partial charge on any atom is -0.598 e. The van der Waals surface area contributed by atoms with Gasteiger partial charge in [-0.25, -0.2) is 0 Å². The summed E-state index contributed by atoms with van der Waals surface area (Å²) in [7, 11) is -2.90. The molecular weight excluding hydrogens is 585 g/mol. The molecule has 8 nitrogen and oxygen atoms in total. The third kappa shape index (κ3) is 13.5. The van der Waals surface area contributed by atoms with Crippen LogP contribution in [-0.4, -0.2) is 37.9 Å². The molecule has 3 aromatic rings. The molecule has 2 aromatic carbocycles. The third-order valence-corrected chi connectivity index (χ3v) is 8.81. The summed E-state index contributed by atoms with van der Waals surface area (Å²) in [6, 6.07) is 12.8. The molecule has 2 atom stereocenters. The number of aromatic nitrogens is 1. The van der Waals surface area contributed by atoms with Gasteiger partial charge in [0.15, 0.2) is 18.5 Å². The number of phosphoric ester groups is 1. The van der Waals surface area contributed by atoms with E-state index in [1.807, 2.05) is 58.9 Å². The van der Waals surface area contributed by atoms with Crippen molar-refractivity contribution in [1.82, 2.24) is 0 Å². The number of para-hydroxylation sites is 1. The molecule has 0 aliphatic rings. The highest BCUT2D eigenvalue weighted by atomic mass is 32.1. The van der Waals surface area contributed by atoms with Crippen molar-refractivity contribution in [2.24, 2.45) is 0 Å². The molecule has 3 rings (SSSR count). The minimum atomic E-state index is -4.40. The Balaban J connectivity index is 1.39. The largest absolute Gasteiger partial charge is 0.598 e. The summed E-state index contributed by atoms with van der Waals surface area (Å²) in [6.07, 6.45) is 14.2. The van der Waals surface area contributed by atoms with Crippen LogP contribution in [0, 0.1) is 6.92 Å². The molecule has 0 spiro atoms. The van der Waals surface area contributed by atoms with Crippen molar-refractivity contribution < 1.29 is 37.6 Å². The van der Waals surface area contributed by atoms with Crippen LogP contribution in [-0.2, 0) is 15.8 Å². The van der Waals surface area contributed by atoms with E-state index in [0.717, 1.165) is 23.3 Å². The predicted octanol–water partition coefficient (Wildman–Crippen LogP) is 7.21. The highest BCUT2D eigenvalue weighted by Crippen LogP contribution is 2.48. The molecule has 1 unspecified atom stereocenters. The molecule has 0 radical (unpaired) electrons. The molecule has 1 N–H and O–H groups in total. The maximum atomic E-state index is 12.8. The van der Waals surface area contributed by atoms with Gasteiger partial charge in [0.1, 0.15) is 30.8 Å². The van der Waals surface area contributed by atoms with Crippen molar-refractivity contribution in [1.29, 1.82) is 0 Å². The van der Waals surface area contributed by atoms with Crippen LogP contribution >= 0.6 is 19.5 Å². The Morgan fingerprint density at radius 2 is 1.51 bits per heavy atom. The second kappa shape index (κ2) is 19.9. The lowest BCUT2D eigenvalue weighted by atomic mass is 10.1. The number of phosphoric acid groups is 1. The van der Waals surface area contributed by atoms with Crippen molar-refractivity contribution in [3.63, 3.8) is 0 Å². The maximum Gasteiger partial charge on any atom is 0.426 e. The molecule has 0 aliphatic carbocycles. The molecule has 10 heteroatoms. The maximum absolute atomic E-state index is 12.8. The van der Waals surface area contributed by atoms with Crippen LogP contribution < -0.4 is 23.5 Å². The Hall–Kier alpha value is -2.26. The zero-order valence-corrected chi connectivity index (χ0v) is 27.7. The molecule has 238 valence electrons. The van der Waals surface area contributed by atoms with E-state index in [-0.39, 0.29) is 13.2 Å². The second-order valence-corrected chi connectivity index (χ2v) is 12.9. The molecule has 0 aliphatic heterocycles. The molecule has 0 saturated carbocycles. The monoisotopic (exact) mass is 634 g/mol. The first-order valence-electron chi connectivity index (χ1n) is 15.5. The average Bonchev–Trinajstić information content (AvgIpc) is 3.51. The van der Waals surface area contributed by atoms with Crippen LogP contribution in [0.3, 0.4) is 0 Å². The summed E-state index contributed by atoms with van der Waals surface area (Å²) < 4.78 is 30.2. The van der Waals surface area contributed by atoms with E-state index in [1.165, 1.54) is 64.9 Å². The van der Waals surface area contributed by atoms with Crippen LogP contribution in [0.25, 0.3) is 0 Å². The van der Waals surface area contributed by atoms with E-state index < -0.39 is 14.3 Å². The lowest BCUT2D eigenvalue weighted by Gasteiger charge is -2.23. The lowest BCUT2D eigenvalue weighted by Crippen LogP contribution is -2.31. The first-order valence-corrected chi connectivity index (χ1v) is 17.9. The van der Waals surface area contributed by atoms with Gasteiger partial charge in [0.05, 0.1) is 17.6 Å². The molecule has 1 heterocycles. The average molecular weight is 635 g/mol. The Labute approximate surface area is 262 Å². The Morgan fingerprint density at radius 3 is 2.19 bits per heavy atom. The molecule has 0 fully saturated rings. The van der Waals surface area contributed by atoms with E-state index in [0.29, 0.717) is 24.7 Å². The molecule has 43 heavy (non-hydrogen) atoms. The number of unbranched alkanes of at least 4 members (excludes halogenated alkanes) is 9. The Kier molecular flexibility index (Phi) is 16.3. The van der Waals surface area contributed by atoms with Gasteiger partial charge in [0.2, 0.25) is 5.51 Å². The van der Waals surface area contributed by atoms with Gasteiger partial charge in [-0.2, -0.15) is 14.0 Å². The number of hydrogen-bond donors (Lipinski definition) is 1. The second-order valence-electron chi connectivity index (χ2n) is 10.7. The normalized spacial score (nSPS) is 13.4. The van der Waals surface area contributed by atoms with Crippen molar-refractivity contribution in [2.75, 3.05) is 26.9 Å². The number of methoxy groups -OCH3 is 1. The van der Waals surface area contributed by atoms with Gasteiger partial charge in [-0.15, -0.1) is 0 Å². The fourth-order valence-corrected chi connectivity index (χ4v) is 6.08. The number of thiazole rings is 1. The van der Waals surface area contributed by atoms with Crippen molar-refractivity contribution >= 4 is 19.5 Å². The molecule has 1 aromatic heterocycles. The number of ether oxygens (including phenoxy) is 3. The lowest BCUT2D eigenvalue weighted by molar-refractivity contribution is -0.683. The summed E-state index contributed by atoms with van der Waals surface area (Å²) in [5.74, 6) is 1.76. The molecule has 0 amide bonds. The molecule has 0 saturated heterocycles. The topological polar surface area (TPSA) is 93.3 Å². The SMILES string of the molecule is CCCCCCCCCCCCOc1cccc(OC[C@H](CO[P+]([O-])(O)Oc2ccccc2C[n+]2ccsc2)OC)c1C. The standard InChI is InChI=1S/C33H48NO7PS/c1-4-5-6-7-8-9-10-11-12-15-22-38-31-19-16-20-32(28(31)2)39-25-30(37-3)26-40-42(35,36)41-33-18-14-13-17-29(33)24-34-21-23-43-27-34/h13-14,16-21,23,27,30H,4-12,15,22,24-26H2,1-3H3/p+1/t30-/m1/s1. The van der Waals surface area contributed by atoms with Gasteiger partial charge in [0, 0.05) is 12.7 Å². The van der Waals surface area contributed by atoms with Crippen LogP contribution in [0.5, 0.6) is 17.2 Å². The van der Waals surface area contributed by atoms with Crippen LogP contribution in [0.1, 0.15) is 82.3 Å². The highest BCUT2D eigenvalue weighted by Gasteiger charge is 2.32. The van der Waals surface area contributed by atoms with Crippen LogP contribution in [0.15, 0.2) is 59.6 Å². The summed E-state index contributed by atoms with van der Waals surface area (Å²) in [4.78, 5) is 23.2. The van der Waals surface area contributed by atoms with Crippen LogP contribution in [0.2, 0.25) is 0 Å².